The molecule has 0 spiro atoms. The number of carbonyl (C=O) groups is 1. The van der Waals surface area contributed by atoms with Crippen molar-refractivity contribution < 1.29 is 18.1 Å². The van der Waals surface area contributed by atoms with Gasteiger partial charge in [0.2, 0.25) is 15.9 Å². The fourth-order valence-electron chi connectivity index (χ4n) is 2.68. The first kappa shape index (κ1) is 20.3. The van der Waals surface area contributed by atoms with Crippen LogP contribution in [0.15, 0.2) is 29.2 Å². The molecule has 10 heteroatoms. The molecule has 1 heterocycles. The monoisotopic (exact) mass is 384 g/mol. The molecule has 1 aliphatic rings. The summed E-state index contributed by atoms with van der Waals surface area (Å²) in [4.78, 5) is 24.1. The molecule has 2 N–H and O–H groups in total. The fraction of sp³-hybridized carbons (Fsp3) is 0.562. The summed E-state index contributed by atoms with van der Waals surface area (Å²) in [6.07, 6.45) is 0. The van der Waals surface area contributed by atoms with Crippen LogP contribution in [0.4, 0.5) is 5.69 Å². The Morgan fingerprint density at radius 3 is 2.23 bits per heavy atom. The second-order valence-electron chi connectivity index (χ2n) is 7.30. The minimum Gasteiger partial charge on any atom is -0.339 e. The molecule has 1 aliphatic heterocycles. The molecule has 144 valence electrons. The summed E-state index contributed by atoms with van der Waals surface area (Å²) >= 11 is 0. The normalized spacial score (nSPS) is 17.8. The van der Waals surface area contributed by atoms with Crippen molar-refractivity contribution in [3.63, 3.8) is 0 Å². The van der Waals surface area contributed by atoms with Crippen LogP contribution in [0.2, 0.25) is 0 Å². The van der Waals surface area contributed by atoms with Crippen LogP contribution in [0.3, 0.4) is 0 Å². The Morgan fingerprint density at radius 1 is 1.19 bits per heavy atom. The molecule has 1 saturated heterocycles. The Balaban J connectivity index is 2.15. The van der Waals surface area contributed by atoms with Gasteiger partial charge >= 0.3 is 0 Å². The summed E-state index contributed by atoms with van der Waals surface area (Å²) in [7, 11) is -4.01. The number of rotatable bonds is 4. The molecule has 2 rings (SSSR count). The number of sulfonamides is 1. The first-order valence-corrected chi connectivity index (χ1v) is 9.68. The number of nitrogens with two attached hydrogens (primary N) is 1. The molecule has 0 aromatic heterocycles. The van der Waals surface area contributed by atoms with Gasteiger partial charge in [0.1, 0.15) is 0 Å². The van der Waals surface area contributed by atoms with Gasteiger partial charge in [-0.3, -0.25) is 14.9 Å². The van der Waals surface area contributed by atoms with Crippen LogP contribution in [-0.4, -0.2) is 60.7 Å². The van der Waals surface area contributed by atoms with E-state index in [0.29, 0.717) is 0 Å². The zero-order chi connectivity index (χ0) is 19.7. The molecule has 0 aliphatic carbocycles. The SMILES string of the molecule is CC(C)(C)[C@H](N)C(=O)N1CCN(S(=O)(=O)c2ccccc2[N+](=O)[O-])CC1. The highest BCUT2D eigenvalue weighted by Gasteiger charge is 2.37. The Kier molecular flexibility index (Phi) is 5.69. The van der Waals surface area contributed by atoms with Gasteiger partial charge in [-0.15, -0.1) is 0 Å². The number of para-hydroxylation sites is 1. The third kappa shape index (κ3) is 4.02. The zero-order valence-electron chi connectivity index (χ0n) is 15.1. The van der Waals surface area contributed by atoms with Crippen LogP contribution in [0.25, 0.3) is 0 Å². The number of benzene rings is 1. The van der Waals surface area contributed by atoms with Crippen molar-refractivity contribution in [2.75, 3.05) is 26.2 Å². The summed E-state index contributed by atoms with van der Waals surface area (Å²) in [5.74, 6) is -0.222. The first-order valence-electron chi connectivity index (χ1n) is 8.24. The average molecular weight is 384 g/mol. The third-order valence-electron chi connectivity index (χ3n) is 4.43. The Morgan fingerprint density at radius 2 is 1.73 bits per heavy atom. The van der Waals surface area contributed by atoms with Crippen LogP contribution in [0, 0.1) is 15.5 Å². The van der Waals surface area contributed by atoms with Crippen LogP contribution >= 0.6 is 0 Å². The van der Waals surface area contributed by atoms with E-state index in [1.807, 2.05) is 20.8 Å². The first-order chi connectivity index (χ1) is 12.0. The van der Waals surface area contributed by atoms with Crippen LogP contribution in [0.1, 0.15) is 20.8 Å². The van der Waals surface area contributed by atoms with Crippen molar-refractivity contribution in [2.45, 2.75) is 31.7 Å². The lowest BCUT2D eigenvalue weighted by Gasteiger charge is -2.37. The lowest BCUT2D eigenvalue weighted by Crippen LogP contribution is -2.56. The topological polar surface area (TPSA) is 127 Å². The summed E-state index contributed by atoms with van der Waals surface area (Å²) < 4.78 is 26.7. The quantitative estimate of drug-likeness (QED) is 0.604. The van der Waals surface area contributed by atoms with Gasteiger partial charge < -0.3 is 10.6 Å². The van der Waals surface area contributed by atoms with E-state index >= 15 is 0 Å². The molecule has 26 heavy (non-hydrogen) atoms. The second-order valence-corrected chi connectivity index (χ2v) is 9.20. The molecule has 1 aromatic rings. The van der Waals surface area contributed by atoms with Gasteiger partial charge in [-0.2, -0.15) is 4.31 Å². The van der Waals surface area contributed by atoms with E-state index < -0.39 is 32.1 Å². The maximum absolute atomic E-state index is 12.8. The van der Waals surface area contributed by atoms with E-state index in [0.717, 1.165) is 6.07 Å². The average Bonchev–Trinajstić information content (AvgIpc) is 2.59. The Bertz CT molecular complexity index is 795. The molecular weight excluding hydrogens is 360 g/mol. The number of nitrogens with zero attached hydrogens (tertiary/aromatic N) is 3. The number of carbonyl (C=O) groups excluding carboxylic acids is 1. The number of hydrogen-bond donors (Lipinski definition) is 1. The van der Waals surface area contributed by atoms with Gasteiger partial charge in [-0.1, -0.05) is 32.9 Å². The molecule has 1 aromatic carbocycles. The number of amides is 1. The van der Waals surface area contributed by atoms with Gasteiger partial charge in [0.05, 0.1) is 11.0 Å². The highest BCUT2D eigenvalue weighted by molar-refractivity contribution is 7.89. The molecule has 0 bridgehead atoms. The highest BCUT2D eigenvalue weighted by atomic mass is 32.2. The minimum atomic E-state index is -4.01. The molecule has 0 unspecified atom stereocenters. The van der Waals surface area contributed by atoms with Crippen LogP contribution in [0.5, 0.6) is 0 Å². The molecule has 9 nitrogen and oxygen atoms in total. The van der Waals surface area contributed by atoms with E-state index in [-0.39, 0.29) is 37.0 Å². The minimum absolute atomic E-state index is 0.0665. The van der Waals surface area contributed by atoms with E-state index in [1.54, 1.807) is 4.90 Å². The van der Waals surface area contributed by atoms with Crippen molar-refractivity contribution in [2.24, 2.45) is 11.1 Å². The lowest BCUT2D eigenvalue weighted by molar-refractivity contribution is -0.387. The largest absolute Gasteiger partial charge is 0.339 e. The molecule has 1 fully saturated rings. The van der Waals surface area contributed by atoms with Crippen molar-refractivity contribution in [1.82, 2.24) is 9.21 Å². The van der Waals surface area contributed by atoms with Gasteiger partial charge in [0, 0.05) is 32.2 Å². The number of nitro groups is 1. The van der Waals surface area contributed by atoms with Gasteiger partial charge in [0.15, 0.2) is 4.90 Å². The van der Waals surface area contributed by atoms with E-state index in [9.17, 15) is 23.3 Å². The number of hydrogen-bond acceptors (Lipinski definition) is 6. The summed E-state index contributed by atoms with van der Waals surface area (Å²) in [5.41, 5.74) is 5.14. The van der Waals surface area contributed by atoms with E-state index in [1.165, 1.54) is 22.5 Å². The zero-order valence-corrected chi connectivity index (χ0v) is 15.9. The van der Waals surface area contributed by atoms with Crippen molar-refractivity contribution in [3.8, 4) is 0 Å². The van der Waals surface area contributed by atoms with E-state index in [4.69, 9.17) is 5.73 Å². The summed E-state index contributed by atoms with van der Waals surface area (Å²) in [6, 6.07) is 4.57. The Labute approximate surface area is 153 Å². The predicted octanol–water partition coefficient (Wildman–Crippen LogP) is 0.801. The van der Waals surface area contributed by atoms with Crippen LogP contribution < -0.4 is 5.73 Å². The van der Waals surface area contributed by atoms with Gasteiger partial charge in [0.25, 0.3) is 5.69 Å². The highest BCUT2D eigenvalue weighted by Crippen LogP contribution is 2.27. The van der Waals surface area contributed by atoms with Gasteiger partial charge in [-0.25, -0.2) is 8.42 Å². The maximum atomic E-state index is 12.8. The summed E-state index contributed by atoms with van der Waals surface area (Å²) in [5, 5.41) is 11.1. The predicted molar refractivity (Wildman–Crippen MR) is 95.9 cm³/mol. The van der Waals surface area contributed by atoms with Crippen molar-refractivity contribution >= 4 is 21.6 Å². The molecule has 0 radical (unpaired) electrons. The van der Waals surface area contributed by atoms with Crippen molar-refractivity contribution in [3.05, 3.63) is 34.4 Å². The third-order valence-corrected chi connectivity index (χ3v) is 6.38. The molecule has 0 saturated carbocycles. The standard InChI is InChI=1S/C16H24N4O5S/c1-16(2,3)14(17)15(21)18-8-10-19(11-9-18)26(24,25)13-7-5-4-6-12(13)20(22)23/h4-7,14H,8-11,17H2,1-3H3/t14-/m1/s1. The smallest absolute Gasteiger partial charge is 0.289 e. The molecular formula is C16H24N4O5S. The van der Waals surface area contributed by atoms with E-state index in [2.05, 4.69) is 0 Å². The van der Waals surface area contributed by atoms with Gasteiger partial charge in [-0.05, 0) is 11.5 Å². The second kappa shape index (κ2) is 7.29. The van der Waals surface area contributed by atoms with Crippen LogP contribution in [-0.2, 0) is 14.8 Å². The fourth-order valence-corrected chi connectivity index (χ4v) is 4.26. The molecule has 1 atom stereocenters. The lowest BCUT2D eigenvalue weighted by atomic mass is 9.86. The Hall–Kier alpha value is -2.04. The number of nitro benzene ring substituents is 1. The maximum Gasteiger partial charge on any atom is 0.289 e. The van der Waals surface area contributed by atoms with Crippen molar-refractivity contribution in [1.29, 1.82) is 0 Å². The molecule has 1 amide bonds. The number of piperazine rings is 1. The summed E-state index contributed by atoms with van der Waals surface area (Å²) in [6.45, 7) is 6.12.